The average Bonchev–Trinajstić information content (AvgIpc) is 2.84. The van der Waals surface area contributed by atoms with E-state index in [1.807, 2.05) is 47.4 Å². The van der Waals surface area contributed by atoms with Gasteiger partial charge >= 0.3 is 6.03 Å². The fraction of sp³-hybridized carbons (Fsp3) is 0.286. The molecular formula is C28H28Cl2N4O. The van der Waals surface area contributed by atoms with Crippen LogP contribution in [0.15, 0.2) is 66.7 Å². The molecule has 0 radical (unpaired) electrons. The summed E-state index contributed by atoms with van der Waals surface area (Å²) >= 11 is 12.3. The van der Waals surface area contributed by atoms with Crippen LogP contribution >= 0.6 is 23.2 Å². The summed E-state index contributed by atoms with van der Waals surface area (Å²) in [6, 6.07) is 23.0. The van der Waals surface area contributed by atoms with Crippen molar-refractivity contribution in [3.63, 3.8) is 0 Å². The van der Waals surface area contributed by atoms with Crippen LogP contribution in [-0.2, 0) is 0 Å². The van der Waals surface area contributed by atoms with Gasteiger partial charge in [0.2, 0.25) is 0 Å². The fourth-order valence-electron chi connectivity index (χ4n) is 4.72. The number of nitrogens with one attached hydrogen (secondary N) is 1. The third-order valence-corrected chi connectivity index (χ3v) is 7.00. The van der Waals surface area contributed by atoms with E-state index in [1.165, 1.54) is 0 Å². The van der Waals surface area contributed by atoms with Gasteiger partial charge in [0.25, 0.3) is 0 Å². The Kier molecular flexibility index (Phi) is 7.97. The van der Waals surface area contributed by atoms with Crippen molar-refractivity contribution in [1.82, 2.24) is 4.90 Å². The van der Waals surface area contributed by atoms with Crippen LogP contribution in [0.2, 0.25) is 10.0 Å². The smallest absolute Gasteiger partial charge is 0.307 e. The van der Waals surface area contributed by atoms with E-state index < -0.39 is 0 Å². The lowest BCUT2D eigenvalue weighted by Gasteiger charge is -2.38. The summed E-state index contributed by atoms with van der Waals surface area (Å²) < 4.78 is 0. The topological polar surface area (TPSA) is 59.4 Å². The molecular weight excluding hydrogens is 479 g/mol. The quantitative estimate of drug-likeness (QED) is 0.390. The molecule has 35 heavy (non-hydrogen) atoms. The van der Waals surface area contributed by atoms with Gasteiger partial charge in [-0.2, -0.15) is 5.26 Å². The molecule has 1 saturated carbocycles. The van der Waals surface area contributed by atoms with Gasteiger partial charge in [-0.25, -0.2) is 4.79 Å². The molecule has 0 heterocycles. The molecule has 3 aromatic rings. The molecule has 1 fully saturated rings. The van der Waals surface area contributed by atoms with Crippen LogP contribution in [0.5, 0.6) is 0 Å². The molecule has 5 nitrogen and oxygen atoms in total. The maximum atomic E-state index is 13.6. The summed E-state index contributed by atoms with van der Waals surface area (Å²) in [5, 5.41) is 13.1. The Balaban J connectivity index is 1.62. The van der Waals surface area contributed by atoms with Crippen LogP contribution < -0.4 is 10.2 Å². The number of urea groups is 1. The molecule has 0 spiro atoms. The molecule has 3 aromatic carbocycles. The lowest BCUT2D eigenvalue weighted by atomic mass is 9.89. The number of benzene rings is 3. The Morgan fingerprint density at radius 1 is 0.886 bits per heavy atom. The van der Waals surface area contributed by atoms with E-state index in [9.17, 15) is 10.1 Å². The Morgan fingerprint density at radius 3 is 2.11 bits per heavy atom. The number of nitriles is 1. The summed E-state index contributed by atoms with van der Waals surface area (Å²) in [4.78, 5) is 17.7. The van der Waals surface area contributed by atoms with E-state index in [-0.39, 0.29) is 12.1 Å². The third kappa shape index (κ3) is 6.15. The number of anilines is 2. The van der Waals surface area contributed by atoms with Crippen LogP contribution in [0.25, 0.3) is 11.1 Å². The summed E-state index contributed by atoms with van der Waals surface area (Å²) in [6.07, 6.45) is 3.89. The highest BCUT2D eigenvalue weighted by Gasteiger charge is 2.31. The minimum Gasteiger partial charge on any atom is -0.307 e. The normalized spacial score (nSPS) is 17.6. The van der Waals surface area contributed by atoms with Crippen molar-refractivity contribution < 1.29 is 4.79 Å². The van der Waals surface area contributed by atoms with Gasteiger partial charge in [0.1, 0.15) is 0 Å². The van der Waals surface area contributed by atoms with E-state index in [1.54, 1.807) is 24.3 Å². The lowest BCUT2D eigenvalue weighted by Crippen LogP contribution is -2.47. The standard InChI is InChI=1S/C28H28Cl2N4O/c1-33(2)25-10-12-27(13-11-25)34(28(35)32-24-16-22(29)15-23(30)17-24)26-8-6-20(7-9-26)21-5-3-4-19(14-21)18-31/h3-9,14-17,25,27H,10-13H2,1-2H3,(H,32,35). The minimum atomic E-state index is -0.212. The molecule has 7 heteroatoms. The Bertz CT molecular complexity index is 1210. The van der Waals surface area contributed by atoms with Gasteiger partial charge in [-0.15, -0.1) is 0 Å². The van der Waals surface area contributed by atoms with E-state index in [4.69, 9.17) is 23.2 Å². The van der Waals surface area contributed by atoms with Crippen molar-refractivity contribution in [3.8, 4) is 17.2 Å². The van der Waals surface area contributed by atoms with E-state index in [2.05, 4.69) is 30.4 Å². The average molecular weight is 507 g/mol. The molecule has 4 rings (SSSR count). The predicted molar refractivity (Wildman–Crippen MR) is 144 cm³/mol. The van der Waals surface area contributed by atoms with Crippen molar-refractivity contribution in [2.45, 2.75) is 37.8 Å². The molecule has 0 saturated heterocycles. The fourth-order valence-corrected chi connectivity index (χ4v) is 5.25. The zero-order valence-electron chi connectivity index (χ0n) is 19.8. The van der Waals surface area contributed by atoms with E-state index in [0.717, 1.165) is 42.5 Å². The first-order chi connectivity index (χ1) is 16.8. The van der Waals surface area contributed by atoms with Gasteiger partial charge in [-0.1, -0.05) is 47.5 Å². The maximum Gasteiger partial charge on any atom is 0.326 e. The van der Waals surface area contributed by atoms with Crippen LogP contribution in [0.1, 0.15) is 31.2 Å². The number of hydrogen-bond acceptors (Lipinski definition) is 3. The first kappa shape index (κ1) is 25.1. The minimum absolute atomic E-state index is 0.0774. The van der Waals surface area contributed by atoms with Gasteiger partial charge in [0, 0.05) is 33.5 Å². The van der Waals surface area contributed by atoms with Gasteiger partial charge in [0.15, 0.2) is 0 Å². The maximum absolute atomic E-state index is 13.6. The first-order valence-corrected chi connectivity index (χ1v) is 12.4. The highest BCUT2D eigenvalue weighted by molar-refractivity contribution is 6.35. The molecule has 0 atom stereocenters. The Labute approximate surface area is 216 Å². The van der Waals surface area contributed by atoms with E-state index >= 15 is 0 Å². The number of amides is 2. The third-order valence-electron chi connectivity index (χ3n) is 6.56. The SMILES string of the molecule is CN(C)C1CCC(N(C(=O)Nc2cc(Cl)cc(Cl)c2)c2ccc(-c3cccc(C#N)c3)cc2)CC1. The van der Waals surface area contributed by atoms with Crippen LogP contribution in [0.3, 0.4) is 0 Å². The second kappa shape index (κ2) is 11.1. The monoisotopic (exact) mass is 506 g/mol. The highest BCUT2D eigenvalue weighted by atomic mass is 35.5. The largest absolute Gasteiger partial charge is 0.326 e. The highest BCUT2D eigenvalue weighted by Crippen LogP contribution is 2.32. The number of hydrogen-bond donors (Lipinski definition) is 1. The lowest BCUT2D eigenvalue weighted by molar-refractivity contribution is 0.211. The van der Waals surface area contributed by atoms with Crippen molar-refractivity contribution in [2.24, 2.45) is 0 Å². The van der Waals surface area contributed by atoms with E-state index in [0.29, 0.717) is 27.3 Å². The molecule has 2 amide bonds. The summed E-state index contributed by atoms with van der Waals surface area (Å²) in [5.74, 6) is 0. The second-order valence-electron chi connectivity index (χ2n) is 9.12. The molecule has 0 unspecified atom stereocenters. The zero-order valence-corrected chi connectivity index (χ0v) is 21.4. The van der Waals surface area contributed by atoms with Crippen molar-refractivity contribution in [1.29, 1.82) is 5.26 Å². The van der Waals surface area contributed by atoms with Crippen molar-refractivity contribution in [3.05, 3.63) is 82.3 Å². The number of nitrogens with zero attached hydrogens (tertiary/aromatic N) is 3. The summed E-state index contributed by atoms with van der Waals surface area (Å²) in [5.41, 5.74) is 3.95. The molecule has 0 bridgehead atoms. The molecule has 1 aliphatic carbocycles. The molecule has 180 valence electrons. The Hall–Kier alpha value is -3.04. The molecule has 0 aliphatic heterocycles. The van der Waals surface area contributed by atoms with Gasteiger partial charge < -0.3 is 10.2 Å². The number of carbonyl (C=O) groups excluding carboxylic acids is 1. The van der Waals surface area contributed by atoms with Gasteiger partial charge in [0.05, 0.1) is 11.6 Å². The summed E-state index contributed by atoms with van der Waals surface area (Å²) in [7, 11) is 4.22. The van der Waals surface area contributed by atoms with Gasteiger partial charge in [-0.3, -0.25) is 4.90 Å². The zero-order chi connectivity index (χ0) is 24.9. The predicted octanol–water partition coefficient (Wildman–Crippen LogP) is 7.44. The summed E-state index contributed by atoms with van der Waals surface area (Å²) in [6.45, 7) is 0. The van der Waals surface area contributed by atoms with Gasteiger partial charge in [-0.05, 0) is 93.4 Å². The number of rotatable bonds is 5. The molecule has 1 aliphatic rings. The Morgan fingerprint density at radius 2 is 1.51 bits per heavy atom. The number of halogens is 2. The number of carbonyl (C=O) groups is 1. The van der Waals surface area contributed by atoms with Crippen molar-refractivity contribution in [2.75, 3.05) is 24.3 Å². The van der Waals surface area contributed by atoms with Crippen LogP contribution in [-0.4, -0.2) is 37.1 Å². The molecule has 0 aromatic heterocycles. The second-order valence-corrected chi connectivity index (χ2v) is 10.00. The molecule has 1 N–H and O–H groups in total. The van der Waals surface area contributed by atoms with Crippen LogP contribution in [0.4, 0.5) is 16.2 Å². The van der Waals surface area contributed by atoms with Crippen molar-refractivity contribution >= 4 is 40.6 Å². The first-order valence-electron chi connectivity index (χ1n) is 11.7. The van der Waals surface area contributed by atoms with Crippen LogP contribution in [0, 0.1) is 11.3 Å².